The molecular formula is C14H19NO3S. The van der Waals surface area contributed by atoms with Crippen LogP contribution in [-0.4, -0.2) is 33.1 Å². The molecule has 0 radical (unpaired) electrons. The summed E-state index contributed by atoms with van der Waals surface area (Å²) in [5, 5.41) is 3.13. The average Bonchev–Trinajstić information content (AvgIpc) is 2.57. The first-order chi connectivity index (χ1) is 9.12. The van der Waals surface area contributed by atoms with Crippen LogP contribution in [0.2, 0.25) is 0 Å². The molecule has 1 saturated heterocycles. The standard InChI is InChI=1S/C14H19NO3S/c1-18-11-5-3-10-4-6-13-14(12(10)9-11)15-7-2-8-19(13,16)17/h3,5,9,13-15H,2,4,6-8H2,1H3. The number of fused-ring (bicyclic) bond motifs is 3. The quantitative estimate of drug-likeness (QED) is 0.846. The van der Waals surface area contributed by atoms with Crippen LogP contribution in [0.1, 0.15) is 30.0 Å². The van der Waals surface area contributed by atoms with Crippen LogP contribution in [0.15, 0.2) is 18.2 Å². The van der Waals surface area contributed by atoms with Gasteiger partial charge in [0.25, 0.3) is 0 Å². The zero-order valence-electron chi connectivity index (χ0n) is 11.1. The van der Waals surface area contributed by atoms with Crippen molar-refractivity contribution in [2.24, 2.45) is 0 Å². The van der Waals surface area contributed by atoms with E-state index < -0.39 is 9.84 Å². The summed E-state index contributed by atoms with van der Waals surface area (Å²) >= 11 is 0. The molecule has 1 aliphatic carbocycles. The number of hydrogen-bond donors (Lipinski definition) is 1. The summed E-state index contributed by atoms with van der Waals surface area (Å²) in [4.78, 5) is 0. The fourth-order valence-corrected chi connectivity index (χ4v) is 5.18. The monoisotopic (exact) mass is 281 g/mol. The Hall–Kier alpha value is -1.07. The molecule has 1 heterocycles. The fourth-order valence-electron chi connectivity index (χ4n) is 3.19. The van der Waals surface area contributed by atoms with E-state index in [9.17, 15) is 8.42 Å². The van der Waals surface area contributed by atoms with Gasteiger partial charge >= 0.3 is 0 Å². The van der Waals surface area contributed by atoms with Crippen LogP contribution in [-0.2, 0) is 16.3 Å². The van der Waals surface area contributed by atoms with E-state index in [0.29, 0.717) is 12.2 Å². The Labute approximate surface area is 114 Å². The summed E-state index contributed by atoms with van der Waals surface area (Å²) in [6.07, 6.45) is 2.26. The summed E-state index contributed by atoms with van der Waals surface area (Å²) in [6.45, 7) is 0.761. The largest absolute Gasteiger partial charge is 0.497 e. The second kappa shape index (κ2) is 4.80. The third kappa shape index (κ3) is 2.25. The van der Waals surface area contributed by atoms with E-state index in [0.717, 1.165) is 30.7 Å². The number of aryl methyl sites for hydroxylation is 1. The van der Waals surface area contributed by atoms with Gasteiger partial charge in [-0.15, -0.1) is 0 Å². The molecule has 2 unspecified atom stereocenters. The topological polar surface area (TPSA) is 55.4 Å². The molecule has 0 bridgehead atoms. The number of benzene rings is 1. The van der Waals surface area contributed by atoms with Crippen molar-refractivity contribution in [3.8, 4) is 5.75 Å². The van der Waals surface area contributed by atoms with Gasteiger partial charge in [0.1, 0.15) is 5.75 Å². The SMILES string of the molecule is COc1ccc2c(c1)C1NCCCS(=O)(=O)C1CC2. The zero-order valence-corrected chi connectivity index (χ0v) is 11.9. The minimum atomic E-state index is -2.99. The minimum absolute atomic E-state index is 0.0775. The van der Waals surface area contributed by atoms with Gasteiger partial charge < -0.3 is 10.1 Å². The Morgan fingerprint density at radius 1 is 1.37 bits per heavy atom. The number of sulfone groups is 1. The molecule has 3 rings (SSSR count). The van der Waals surface area contributed by atoms with Crippen molar-refractivity contribution < 1.29 is 13.2 Å². The van der Waals surface area contributed by atoms with Gasteiger partial charge in [-0.3, -0.25) is 0 Å². The Morgan fingerprint density at radius 3 is 3.00 bits per heavy atom. The molecule has 1 N–H and O–H groups in total. The van der Waals surface area contributed by atoms with Crippen LogP contribution >= 0.6 is 0 Å². The number of nitrogens with one attached hydrogen (secondary N) is 1. The second-order valence-electron chi connectivity index (χ2n) is 5.29. The van der Waals surface area contributed by atoms with Gasteiger partial charge in [0.05, 0.1) is 18.1 Å². The highest BCUT2D eigenvalue weighted by atomic mass is 32.2. The molecule has 19 heavy (non-hydrogen) atoms. The lowest BCUT2D eigenvalue weighted by atomic mass is 9.87. The molecule has 1 aromatic rings. The molecule has 0 spiro atoms. The third-order valence-corrected chi connectivity index (χ3v) is 6.48. The summed E-state index contributed by atoms with van der Waals surface area (Å²) in [7, 11) is -1.35. The summed E-state index contributed by atoms with van der Waals surface area (Å²) in [5.74, 6) is 1.10. The maximum atomic E-state index is 12.3. The molecule has 104 valence electrons. The molecule has 1 fully saturated rings. The van der Waals surface area contributed by atoms with Gasteiger partial charge in [-0.2, -0.15) is 0 Å². The smallest absolute Gasteiger partial charge is 0.155 e. The van der Waals surface area contributed by atoms with Crippen molar-refractivity contribution in [3.63, 3.8) is 0 Å². The summed E-state index contributed by atoms with van der Waals surface area (Å²) in [6, 6.07) is 5.92. The first-order valence-electron chi connectivity index (χ1n) is 6.73. The zero-order chi connectivity index (χ0) is 13.5. The molecule has 4 nitrogen and oxygen atoms in total. The third-order valence-electron chi connectivity index (χ3n) is 4.19. The van der Waals surface area contributed by atoms with Crippen LogP contribution < -0.4 is 10.1 Å². The lowest BCUT2D eigenvalue weighted by Crippen LogP contribution is -2.38. The number of ether oxygens (including phenoxy) is 1. The first-order valence-corrected chi connectivity index (χ1v) is 8.45. The van der Waals surface area contributed by atoms with Gasteiger partial charge in [-0.25, -0.2) is 8.42 Å². The van der Waals surface area contributed by atoms with Crippen molar-refractivity contribution in [1.29, 1.82) is 0 Å². The van der Waals surface area contributed by atoms with Crippen LogP contribution in [0.3, 0.4) is 0 Å². The normalized spacial score (nSPS) is 28.9. The minimum Gasteiger partial charge on any atom is -0.497 e. The van der Waals surface area contributed by atoms with E-state index in [1.165, 1.54) is 5.56 Å². The van der Waals surface area contributed by atoms with E-state index >= 15 is 0 Å². The fraction of sp³-hybridized carbons (Fsp3) is 0.571. The van der Waals surface area contributed by atoms with Gasteiger partial charge in [0.2, 0.25) is 0 Å². The predicted molar refractivity (Wildman–Crippen MR) is 74.3 cm³/mol. The highest BCUT2D eigenvalue weighted by Crippen LogP contribution is 2.37. The Kier molecular flexibility index (Phi) is 3.27. The first kappa shape index (κ1) is 12.9. The van der Waals surface area contributed by atoms with Crippen molar-refractivity contribution in [3.05, 3.63) is 29.3 Å². The van der Waals surface area contributed by atoms with Crippen molar-refractivity contribution >= 4 is 9.84 Å². The molecule has 2 atom stereocenters. The Morgan fingerprint density at radius 2 is 2.21 bits per heavy atom. The lowest BCUT2D eigenvalue weighted by molar-refractivity contribution is 0.409. The van der Waals surface area contributed by atoms with Gasteiger partial charge in [0.15, 0.2) is 9.84 Å². The van der Waals surface area contributed by atoms with Crippen LogP contribution in [0.4, 0.5) is 0 Å². The van der Waals surface area contributed by atoms with Crippen molar-refractivity contribution in [1.82, 2.24) is 5.32 Å². The molecule has 0 aromatic heterocycles. The highest BCUT2D eigenvalue weighted by Gasteiger charge is 2.39. The maximum absolute atomic E-state index is 12.3. The van der Waals surface area contributed by atoms with E-state index in [-0.39, 0.29) is 11.3 Å². The second-order valence-corrected chi connectivity index (χ2v) is 7.63. The van der Waals surface area contributed by atoms with E-state index in [1.807, 2.05) is 12.1 Å². The van der Waals surface area contributed by atoms with Crippen molar-refractivity contribution in [2.45, 2.75) is 30.6 Å². The van der Waals surface area contributed by atoms with Gasteiger partial charge in [-0.1, -0.05) is 6.07 Å². The molecule has 2 aliphatic rings. The van der Waals surface area contributed by atoms with Crippen LogP contribution in [0.5, 0.6) is 5.75 Å². The van der Waals surface area contributed by atoms with Gasteiger partial charge in [-0.05, 0) is 49.1 Å². The molecular weight excluding hydrogens is 262 g/mol. The molecule has 5 heteroatoms. The Bertz CT molecular complexity index is 582. The number of hydrogen-bond acceptors (Lipinski definition) is 4. The Balaban J connectivity index is 2.07. The maximum Gasteiger partial charge on any atom is 0.155 e. The summed E-state index contributed by atoms with van der Waals surface area (Å²) < 4.78 is 29.9. The summed E-state index contributed by atoms with van der Waals surface area (Å²) in [5.41, 5.74) is 2.34. The van der Waals surface area contributed by atoms with Crippen LogP contribution in [0, 0.1) is 0 Å². The highest BCUT2D eigenvalue weighted by molar-refractivity contribution is 7.92. The van der Waals surface area contributed by atoms with E-state index in [1.54, 1.807) is 7.11 Å². The van der Waals surface area contributed by atoms with E-state index in [4.69, 9.17) is 4.74 Å². The van der Waals surface area contributed by atoms with E-state index in [2.05, 4.69) is 11.4 Å². The molecule has 0 saturated carbocycles. The number of methoxy groups -OCH3 is 1. The lowest BCUT2D eigenvalue weighted by Gasteiger charge is -2.32. The molecule has 1 aliphatic heterocycles. The molecule has 1 aromatic carbocycles. The van der Waals surface area contributed by atoms with Gasteiger partial charge in [0, 0.05) is 6.04 Å². The molecule has 0 amide bonds. The average molecular weight is 281 g/mol. The predicted octanol–water partition coefficient (Wildman–Crippen LogP) is 1.46. The van der Waals surface area contributed by atoms with Crippen molar-refractivity contribution in [2.75, 3.05) is 19.4 Å². The van der Waals surface area contributed by atoms with Crippen LogP contribution in [0.25, 0.3) is 0 Å². The number of rotatable bonds is 1.